The van der Waals surface area contributed by atoms with Crippen LogP contribution in [0.15, 0.2) is 42.5 Å². The van der Waals surface area contributed by atoms with Crippen molar-refractivity contribution in [1.82, 2.24) is 5.32 Å². The Morgan fingerprint density at radius 2 is 1.88 bits per heavy atom. The smallest absolute Gasteiger partial charge is 0.0662 e. The van der Waals surface area contributed by atoms with Gasteiger partial charge < -0.3 is 10.1 Å². The molecule has 1 aliphatic rings. The predicted molar refractivity (Wildman–Crippen MR) is 72.8 cm³/mol. The van der Waals surface area contributed by atoms with Gasteiger partial charge in [-0.3, -0.25) is 0 Å². The molecule has 2 aromatic carbocycles. The van der Waals surface area contributed by atoms with E-state index < -0.39 is 0 Å². The fourth-order valence-corrected chi connectivity index (χ4v) is 2.20. The molecule has 3 heteroatoms. The number of fused-ring (bicyclic) bond motifs is 1. The molecule has 2 nitrogen and oxygen atoms in total. The second-order valence-corrected chi connectivity index (χ2v) is 4.19. The van der Waals surface area contributed by atoms with Crippen molar-refractivity contribution in [2.45, 2.75) is 6.04 Å². The molecule has 0 saturated carbocycles. The molecule has 0 amide bonds. The van der Waals surface area contributed by atoms with Crippen molar-refractivity contribution in [2.24, 2.45) is 0 Å². The van der Waals surface area contributed by atoms with Gasteiger partial charge in [-0.1, -0.05) is 36.4 Å². The van der Waals surface area contributed by atoms with E-state index in [0.717, 1.165) is 19.8 Å². The number of ether oxygens (including phenoxy) is 1. The van der Waals surface area contributed by atoms with E-state index in [1.165, 1.54) is 16.3 Å². The molecule has 1 saturated heterocycles. The summed E-state index contributed by atoms with van der Waals surface area (Å²) in [6.45, 7) is 2.54. The Balaban J connectivity index is 0.00000108. The van der Waals surface area contributed by atoms with Gasteiger partial charge in [0.05, 0.1) is 19.3 Å². The topological polar surface area (TPSA) is 21.3 Å². The highest BCUT2D eigenvalue weighted by Crippen LogP contribution is 2.21. The average molecular weight is 250 g/mol. The van der Waals surface area contributed by atoms with Gasteiger partial charge in [0.2, 0.25) is 0 Å². The summed E-state index contributed by atoms with van der Waals surface area (Å²) >= 11 is 0. The molecular formula is C14H16ClNO. The van der Waals surface area contributed by atoms with Crippen LogP contribution in [0.4, 0.5) is 0 Å². The Hall–Kier alpha value is -1.09. The fraction of sp³-hybridized carbons (Fsp3) is 0.286. The summed E-state index contributed by atoms with van der Waals surface area (Å²) in [5.41, 5.74) is 1.32. The molecule has 1 N–H and O–H groups in total. The van der Waals surface area contributed by atoms with Crippen molar-refractivity contribution < 1.29 is 4.74 Å². The van der Waals surface area contributed by atoms with Crippen molar-refractivity contribution >= 4 is 23.2 Å². The summed E-state index contributed by atoms with van der Waals surface area (Å²) < 4.78 is 5.49. The Morgan fingerprint density at radius 1 is 1.06 bits per heavy atom. The van der Waals surface area contributed by atoms with Crippen molar-refractivity contribution in [3.05, 3.63) is 48.0 Å². The molecule has 1 heterocycles. The minimum Gasteiger partial charge on any atom is -0.378 e. The molecule has 3 rings (SSSR count). The molecule has 0 aliphatic carbocycles. The second kappa shape index (κ2) is 5.50. The van der Waals surface area contributed by atoms with Crippen molar-refractivity contribution in [2.75, 3.05) is 19.8 Å². The molecule has 0 spiro atoms. The maximum Gasteiger partial charge on any atom is 0.0662 e. The normalized spacial score (nSPS) is 19.9. The first kappa shape index (κ1) is 12.4. The minimum atomic E-state index is 0. The van der Waals surface area contributed by atoms with Gasteiger partial charge in [0.1, 0.15) is 0 Å². The van der Waals surface area contributed by atoms with Crippen LogP contribution in [-0.2, 0) is 4.74 Å². The number of hydrogen-bond donors (Lipinski definition) is 1. The lowest BCUT2D eigenvalue weighted by Gasteiger charge is -2.24. The molecule has 0 aromatic heterocycles. The average Bonchev–Trinajstić information content (AvgIpc) is 2.39. The summed E-state index contributed by atoms with van der Waals surface area (Å²) in [5.74, 6) is 0. The SMILES string of the molecule is Cl.c1ccc2cc([C@@H]3COCCN3)ccc2c1. The molecule has 1 atom stereocenters. The third kappa shape index (κ3) is 2.60. The summed E-state index contributed by atoms with van der Waals surface area (Å²) in [4.78, 5) is 0. The van der Waals surface area contributed by atoms with Crippen LogP contribution in [0.5, 0.6) is 0 Å². The monoisotopic (exact) mass is 249 g/mol. The van der Waals surface area contributed by atoms with Gasteiger partial charge in [0, 0.05) is 6.54 Å². The third-order valence-corrected chi connectivity index (χ3v) is 3.10. The Kier molecular flexibility index (Phi) is 4.00. The van der Waals surface area contributed by atoms with Crippen molar-refractivity contribution in [3.63, 3.8) is 0 Å². The fourth-order valence-electron chi connectivity index (χ4n) is 2.20. The van der Waals surface area contributed by atoms with Crippen molar-refractivity contribution in [1.29, 1.82) is 0 Å². The van der Waals surface area contributed by atoms with E-state index >= 15 is 0 Å². The lowest BCUT2D eigenvalue weighted by atomic mass is 10.0. The highest BCUT2D eigenvalue weighted by atomic mass is 35.5. The van der Waals surface area contributed by atoms with Gasteiger partial charge in [0.25, 0.3) is 0 Å². The van der Waals surface area contributed by atoms with E-state index in [9.17, 15) is 0 Å². The first-order valence-electron chi connectivity index (χ1n) is 5.73. The number of rotatable bonds is 1. The third-order valence-electron chi connectivity index (χ3n) is 3.10. The Labute approximate surface area is 107 Å². The van der Waals surface area contributed by atoms with E-state index in [1.807, 2.05) is 0 Å². The number of benzene rings is 2. The second-order valence-electron chi connectivity index (χ2n) is 4.19. The summed E-state index contributed by atoms with van der Waals surface area (Å²) in [6.07, 6.45) is 0. The van der Waals surface area contributed by atoms with E-state index in [1.54, 1.807) is 0 Å². The first-order valence-corrected chi connectivity index (χ1v) is 5.73. The molecule has 1 fully saturated rings. The van der Waals surface area contributed by atoms with Crippen LogP contribution >= 0.6 is 12.4 Å². The zero-order valence-electron chi connectivity index (χ0n) is 9.56. The molecule has 2 aromatic rings. The molecule has 0 bridgehead atoms. The number of halogens is 1. The van der Waals surface area contributed by atoms with E-state index in [-0.39, 0.29) is 12.4 Å². The molecular weight excluding hydrogens is 234 g/mol. The highest BCUT2D eigenvalue weighted by Gasteiger charge is 2.14. The molecule has 0 unspecified atom stereocenters. The van der Waals surface area contributed by atoms with Crippen LogP contribution in [0, 0.1) is 0 Å². The van der Waals surface area contributed by atoms with E-state index in [2.05, 4.69) is 47.8 Å². The maximum absolute atomic E-state index is 5.49. The molecule has 90 valence electrons. The maximum atomic E-state index is 5.49. The van der Waals surface area contributed by atoms with E-state index in [4.69, 9.17) is 4.74 Å². The summed E-state index contributed by atoms with van der Waals surface area (Å²) in [6, 6.07) is 15.4. The van der Waals surface area contributed by atoms with Crippen LogP contribution in [0.2, 0.25) is 0 Å². The number of hydrogen-bond acceptors (Lipinski definition) is 2. The van der Waals surface area contributed by atoms with Crippen LogP contribution in [0.25, 0.3) is 10.8 Å². The van der Waals surface area contributed by atoms with Gasteiger partial charge in [-0.15, -0.1) is 12.4 Å². The van der Waals surface area contributed by atoms with Gasteiger partial charge >= 0.3 is 0 Å². The zero-order chi connectivity index (χ0) is 10.8. The molecule has 0 radical (unpaired) electrons. The standard InChI is InChI=1S/C14H15NO.ClH/c1-2-4-12-9-13(6-5-11(12)3-1)14-10-16-8-7-15-14;/h1-6,9,14-15H,7-8,10H2;1H/t14-;/m0./s1. The Bertz CT molecular complexity index is 494. The van der Waals surface area contributed by atoms with Crippen LogP contribution in [0.3, 0.4) is 0 Å². The minimum absolute atomic E-state index is 0. The highest BCUT2D eigenvalue weighted by molar-refractivity contribution is 5.85. The van der Waals surface area contributed by atoms with Gasteiger partial charge in [-0.25, -0.2) is 0 Å². The van der Waals surface area contributed by atoms with Crippen LogP contribution < -0.4 is 5.32 Å². The van der Waals surface area contributed by atoms with Gasteiger partial charge in [-0.05, 0) is 22.4 Å². The van der Waals surface area contributed by atoms with Crippen LogP contribution in [-0.4, -0.2) is 19.8 Å². The largest absolute Gasteiger partial charge is 0.378 e. The lowest BCUT2D eigenvalue weighted by molar-refractivity contribution is 0.0769. The summed E-state index contributed by atoms with van der Waals surface area (Å²) in [7, 11) is 0. The number of morpholine rings is 1. The van der Waals surface area contributed by atoms with Crippen LogP contribution in [0.1, 0.15) is 11.6 Å². The zero-order valence-corrected chi connectivity index (χ0v) is 10.4. The number of nitrogens with one attached hydrogen (secondary N) is 1. The predicted octanol–water partition coefficient (Wildman–Crippen LogP) is 2.92. The Morgan fingerprint density at radius 3 is 2.65 bits per heavy atom. The summed E-state index contributed by atoms with van der Waals surface area (Å²) in [5, 5.41) is 6.07. The quantitative estimate of drug-likeness (QED) is 0.839. The van der Waals surface area contributed by atoms with Gasteiger partial charge in [-0.2, -0.15) is 0 Å². The van der Waals surface area contributed by atoms with E-state index in [0.29, 0.717) is 6.04 Å². The molecule has 17 heavy (non-hydrogen) atoms. The van der Waals surface area contributed by atoms with Gasteiger partial charge in [0.15, 0.2) is 0 Å². The first-order chi connectivity index (χ1) is 7.93. The molecule has 1 aliphatic heterocycles. The lowest BCUT2D eigenvalue weighted by Crippen LogP contribution is -2.34. The van der Waals surface area contributed by atoms with Crippen molar-refractivity contribution in [3.8, 4) is 0 Å².